The van der Waals surface area contributed by atoms with Crippen molar-refractivity contribution in [2.75, 3.05) is 26.8 Å². The largest absolute Gasteiger partial charge is 0.493 e. The number of hydrogen-bond donors (Lipinski definition) is 4. The molecule has 5 saturated carbocycles. The van der Waals surface area contributed by atoms with Crippen LogP contribution in [0.5, 0.6) is 11.5 Å². The lowest BCUT2D eigenvalue weighted by Crippen LogP contribution is -2.60. The minimum Gasteiger partial charge on any atom is -0.493 e. The van der Waals surface area contributed by atoms with E-state index in [9.17, 15) is 24.9 Å². The quantitative estimate of drug-likeness (QED) is 0.320. The molecule has 1 heterocycles. The summed E-state index contributed by atoms with van der Waals surface area (Å²) in [6.45, 7) is 0.281. The summed E-state index contributed by atoms with van der Waals surface area (Å²) in [6.07, 6.45) is 12.2. The lowest BCUT2D eigenvalue weighted by molar-refractivity contribution is -0.146. The summed E-state index contributed by atoms with van der Waals surface area (Å²) < 4.78 is 12.1. The molecular weight excluding hydrogens is 560 g/mol. The lowest BCUT2D eigenvalue weighted by atomic mass is 9.49. The van der Waals surface area contributed by atoms with Gasteiger partial charge in [0.25, 0.3) is 0 Å². The Kier molecular flexibility index (Phi) is 8.17. The zero-order valence-electron chi connectivity index (χ0n) is 25.9. The molecule has 0 saturated heterocycles. The first-order valence-corrected chi connectivity index (χ1v) is 16.9. The van der Waals surface area contributed by atoms with E-state index in [4.69, 9.17) is 9.47 Å². The smallest absolute Gasteiger partial charge is 0.247 e. The van der Waals surface area contributed by atoms with Crippen molar-refractivity contribution in [2.24, 2.45) is 29.1 Å². The van der Waals surface area contributed by atoms with Gasteiger partial charge < -0.3 is 35.0 Å². The third kappa shape index (κ3) is 5.32. The van der Waals surface area contributed by atoms with Crippen LogP contribution in [0.3, 0.4) is 0 Å². The van der Waals surface area contributed by atoms with Crippen LogP contribution >= 0.6 is 0 Å². The number of benzene rings is 1. The zero-order valence-corrected chi connectivity index (χ0v) is 25.9. The van der Waals surface area contributed by atoms with Crippen molar-refractivity contribution in [3.63, 3.8) is 0 Å². The second kappa shape index (κ2) is 12.0. The van der Waals surface area contributed by atoms with Crippen molar-refractivity contribution in [1.29, 1.82) is 0 Å². The minimum atomic E-state index is -1.06. The number of fused-ring (bicyclic) bond motifs is 3. The number of nitrogens with zero attached hydrogens (tertiary/aromatic N) is 1. The molecule has 240 valence electrons. The number of amides is 2. The van der Waals surface area contributed by atoms with Crippen LogP contribution in [0.2, 0.25) is 0 Å². The number of aliphatic hydroxyl groups excluding tert-OH is 3. The predicted molar refractivity (Wildman–Crippen MR) is 163 cm³/mol. The van der Waals surface area contributed by atoms with E-state index in [-0.39, 0.29) is 37.0 Å². The summed E-state index contributed by atoms with van der Waals surface area (Å²) in [5, 5.41) is 34.4. The van der Waals surface area contributed by atoms with E-state index >= 15 is 0 Å². The van der Waals surface area contributed by atoms with Gasteiger partial charge in [0.1, 0.15) is 12.2 Å². The Hall–Kier alpha value is -2.62. The Morgan fingerprint density at radius 1 is 1.07 bits per heavy atom. The topological polar surface area (TPSA) is 129 Å². The summed E-state index contributed by atoms with van der Waals surface area (Å²) in [5.74, 6) is 2.53. The van der Waals surface area contributed by atoms with Crippen LogP contribution in [0.4, 0.5) is 0 Å². The fraction of sp³-hybridized carbons (Fsp3) is 0.714. The number of carbonyl (C=O) groups is 2. The average Bonchev–Trinajstić information content (AvgIpc) is 3.66. The maximum Gasteiger partial charge on any atom is 0.247 e. The maximum absolute atomic E-state index is 14.4. The number of rotatable bonds is 10. The highest BCUT2D eigenvalue weighted by atomic mass is 16.5. The van der Waals surface area contributed by atoms with Gasteiger partial charge in [-0.2, -0.15) is 0 Å². The lowest BCUT2D eigenvalue weighted by Gasteiger charge is -2.58. The number of nitrogens with one attached hydrogen (secondary N) is 1. The van der Waals surface area contributed by atoms with E-state index in [0.717, 1.165) is 62.7 Å². The van der Waals surface area contributed by atoms with Crippen molar-refractivity contribution in [3.8, 4) is 11.5 Å². The third-order valence-electron chi connectivity index (χ3n) is 11.8. The van der Waals surface area contributed by atoms with E-state index in [2.05, 4.69) is 5.32 Å². The van der Waals surface area contributed by atoms with Crippen LogP contribution in [0.15, 0.2) is 23.8 Å². The molecule has 1 aliphatic heterocycles. The highest BCUT2D eigenvalue weighted by molar-refractivity contribution is 5.96. The molecule has 0 unspecified atom stereocenters. The highest BCUT2D eigenvalue weighted by Crippen LogP contribution is 2.61. The molecule has 4 atom stereocenters. The number of aliphatic hydroxyl groups is 3. The molecule has 2 amide bonds. The van der Waals surface area contributed by atoms with Crippen LogP contribution in [0.1, 0.15) is 87.7 Å². The van der Waals surface area contributed by atoms with Gasteiger partial charge in [-0.1, -0.05) is 12.8 Å². The SMILES string of the molecule is COc1cc(CO)cc2c1O[C@@H]1[C@@H](O)[C@H](N(CC34CC5CC(CC(C5)C3)C4)C(=O)CC3CCCC3)C=C(C(=O)NCCO)[C@H]21. The molecule has 0 radical (unpaired) electrons. The fourth-order valence-electron chi connectivity index (χ4n) is 10.4. The van der Waals surface area contributed by atoms with E-state index in [1.54, 1.807) is 12.1 Å². The van der Waals surface area contributed by atoms with Gasteiger partial charge in [0.2, 0.25) is 11.8 Å². The fourth-order valence-corrected chi connectivity index (χ4v) is 10.4. The number of methoxy groups -OCH3 is 1. The molecule has 0 aromatic heterocycles. The molecule has 1 aromatic carbocycles. The molecule has 0 spiro atoms. The van der Waals surface area contributed by atoms with Crippen molar-refractivity contribution < 1.29 is 34.4 Å². The molecule has 8 rings (SSSR count). The first-order chi connectivity index (χ1) is 21.3. The second-order valence-electron chi connectivity index (χ2n) is 14.8. The summed E-state index contributed by atoms with van der Waals surface area (Å²) >= 11 is 0. The first kappa shape index (κ1) is 30.1. The molecule has 9 heteroatoms. The van der Waals surface area contributed by atoms with Crippen LogP contribution in [-0.2, 0) is 16.2 Å². The second-order valence-corrected chi connectivity index (χ2v) is 14.8. The molecule has 4 bridgehead atoms. The monoisotopic (exact) mass is 608 g/mol. The van der Waals surface area contributed by atoms with E-state index < -0.39 is 24.2 Å². The Morgan fingerprint density at radius 2 is 1.75 bits per heavy atom. The molecule has 9 nitrogen and oxygen atoms in total. The van der Waals surface area contributed by atoms with Gasteiger partial charge in [0, 0.05) is 30.6 Å². The van der Waals surface area contributed by atoms with Crippen molar-refractivity contribution in [3.05, 3.63) is 34.9 Å². The van der Waals surface area contributed by atoms with Gasteiger partial charge in [-0.3, -0.25) is 9.59 Å². The predicted octanol–water partition coefficient (Wildman–Crippen LogP) is 3.44. The van der Waals surface area contributed by atoms with E-state index in [1.807, 2.05) is 11.0 Å². The average molecular weight is 609 g/mol. The zero-order chi connectivity index (χ0) is 30.6. The highest BCUT2D eigenvalue weighted by Gasteiger charge is 2.55. The van der Waals surface area contributed by atoms with Gasteiger partial charge in [0.05, 0.1) is 32.3 Å². The van der Waals surface area contributed by atoms with Crippen molar-refractivity contribution in [1.82, 2.24) is 10.2 Å². The van der Waals surface area contributed by atoms with Crippen LogP contribution in [0.25, 0.3) is 0 Å². The molecule has 4 N–H and O–H groups in total. The Bertz CT molecular complexity index is 1270. The van der Waals surface area contributed by atoms with Gasteiger partial charge in [-0.05, 0) is 104 Å². The Morgan fingerprint density at radius 3 is 2.36 bits per heavy atom. The number of hydrogen-bond acceptors (Lipinski definition) is 7. The number of ether oxygens (including phenoxy) is 2. The van der Waals surface area contributed by atoms with Gasteiger partial charge in [-0.25, -0.2) is 0 Å². The summed E-state index contributed by atoms with van der Waals surface area (Å²) in [7, 11) is 1.53. The van der Waals surface area contributed by atoms with Gasteiger partial charge >= 0.3 is 0 Å². The summed E-state index contributed by atoms with van der Waals surface area (Å²) in [6, 6.07) is 2.80. The Balaban J connectivity index is 1.28. The normalized spacial score (nSPS) is 35.1. The van der Waals surface area contributed by atoms with Crippen molar-refractivity contribution >= 4 is 11.8 Å². The van der Waals surface area contributed by atoms with E-state index in [1.165, 1.54) is 26.4 Å². The molecule has 6 aliphatic carbocycles. The van der Waals surface area contributed by atoms with Crippen molar-refractivity contribution in [2.45, 2.75) is 101 Å². The standard InChI is InChI=1S/C35H48N2O7/c1-43-28-12-24(18-39)11-25-30-26(34(42)36-6-7-38)14-27(31(41)33(30)44-32(25)28)37(29(40)13-20-4-2-3-5-20)19-35-15-21-8-22(16-35)10-23(9-21)17-35/h11-12,14,20-23,27,30-31,33,38-39,41H,2-10,13,15-19H2,1H3,(H,36,42)/t21?,22?,23?,27-,30+,31+,33+,35?/m1/s1. The van der Waals surface area contributed by atoms with Crippen LogP contribution < -0.4 is 14.8 Å². The Labute approximate surface area is 260 Å². The first-order valence-electron chi connectivity index (χ1n) is 16.9. The van der Waals surface area contributed by atoms with E-state index in [0.29, 0.717) is 47.1 Å². The summed E-state index contributed by atoms with van der Waals surface area (Å²) in [5.41, 5.74) is 1.76. The molecule has 5 fully saturated rings. The van der Waals surface area contributed by atoms with Crippen LogP contribution in [0, 0.1) is 29.1 Å². The third-order valence-corrected chi connectivity index (χ3v) is 11.8. The number of carbonyl (C=O) groups excluding carboxylic acids is 2. The molecule has 1 aromatic rings. The van der Waals surface area contributed by atoms with Gasteiger partial charge in [0.15, 0.2) is 11.5 Å². The summed E-state index contributed by atoms with van der Waals surface area (Å²) in [4.78, 5) is 30.1. The minimum absolute atomic E-state index is 0.0581. The maximum atomic E-state index is 14.4. The molecule has 7 aliphatic rings. The molecular formula is C35H48N2O7. The van der Waals surface area contributed by atoms with Crippen LogP contribution in [-0.4, -0.2) is 77.1 Å². The van der Waals surface area contributed by atoms with Gasteiger partial charge in [-0.15, -0.1) is 0 Å². The molecule has 44 heavy (non-hydrogen) atoms.